The van der Waals surface area contributed by atoms with Gasteiger partial charge in [0, 0.05) is 6.42 Å². The molecule has 0 fully saturated rings. The number of phenolic OH excluding ortho intramolecular Hbond substituents is 1. The minimum Gasteiger partial charge on any atom is -0.508 e. The van der Waals surface area contributed by atoms with Crippen LogP contribution in [0.4, 0.5) is 0 Å². The summed E-state index contributed by atoms with van der Waals surface area (Å²) in [5, 5.41) is 43.4. The third-order valence-corrected chi connectivity index (χ3v) is 5.58. The van der Waals surface area contributed by atoms with E-state index in [1.165, 1.54) is 12.1 Å². The SMILES string of the molecule is NCCCCC(NC(=O)C(CCC(=O)O)NC(=O)C(N)Cc1ccc(O)cc1)C(=O)NC(CC(=O)O)C(=O)O. The van der Waals surface area contributed by atoms with Crippen molar-refractivity contribution in [1.29, 1.82) is 0 Å². The molecule has 39 heavy (non-hydrogen) atoms. The third-order valence-electron chi connectivity index (χ3n) is 5.58. The van der Waals surface area contributed by atoms with Gasteiger partial charge < -0.3 is 47.8 Å². The molecule has 0 aliphatic heterocycles. The summed E-state index contributed by atoms with van der Waals surface area (Å²) >= 11 is 0. The fourth-order valence-electron chi connectivity index (χ4n) is 3.47. The van der Waals surface area contributed by atoms with Crippen molar-refractivity contribution in [3.05, 3.63) is 29.8 Å². The fourth-order valence-corrected chi connectivity index (χ4v) is 3.47. The first kappa shape index (κ1) is 32.8. The summed E-state index contributed by atoms with van der Waals surface area (Å²) in [5.41, 5.74) is 12.0. The van der Waals surface area contributed by atoms with Gasteiger partial charge in [0.1, 0.15) is 23.9 Å². The van der Waals surface area contributed by atoms with Crippen LogP contribution < -0.4 is 27.4 Å². The van der Waals surface area contributed by atoms with Crippen LogP contribution in [-0.2, 0) is 35.2 Å². The van der Waals surface area contributed by atoms with E-state index in [1.54, 1.807) is 12.1 Å². The van der Waals surface area contributed by atoms with Crippen LogP contribution in [0.2, 0.25) is 0 Å². The van der Waals surface area contributed by atoms with Gasteiger partial charge in [-0.05, 0) is 56.3 Å². The average Bonchev–Trinajstić information content (AvgIpc) is 2.86. The minimum atomic E-state index is -1.76. The number of nitrogens with one attached hydrogen (secondary N) is 3. The molecule has 0 aliphatic carbocycles. The first-order valence-corrected chi connectivity index (χ1v) is 12.1. The highest BCUT2D eigenvalue weighted by Gasteiger charge is 2.31. The topological polar surface area (TPSA) is 271 Å². The van der Waals surface area contributed by atoms with Crippen LogP contribution >= 0.6 is 0 Å². The maximum Gasteiger partial charge on any atom is 0.326 e. The molecule has 11 N–H and O–H groups in total. The molecule has 4 atom stereocenters. The number of amides is 3. The van der Waals surface area contributed by atoms with Crippen molar-refractivity contribution in [3.63, 3.8) is 0 Å². The van der Waals surface area contributed by atoms with Gasteiger partial charge in [-0.25, -0.2) is 4.79 Å². The molecule has 216 valence electrons. The van der Waals surface area contributed by atoms with Crippen LogP contribution in [0.5, 0.6) is 5.75 Å². The Morgan fingerprint density at radius 2 is 1.28 bits per heavy atom. The summed E-state index contributed by atoms with van der Waals surface area (Å²) in [4.78, 5) is 72.0. The van der Waals surface area contributed by atoms with Crippen molar-refractivity contribution >= 4 is 35.6 Å². The number of rotatable bonds is 18. The average molecular weight is 554 g/mol. The van der Waals surface area contributed by atoms with E-state index in [0.717, 1.165) is 0 Å². The quantitative estimate of drug-likeness (QED) is 0.0917. The molecule has 15 nitrogen and oxygen atoms in total. The second-order valence-corrected chi connectivity index (χ2v) is 8.81. The van der Waals surface area contributed by atoms with E-state index in [2.05, 4.69) is 16.0 Å². The zero-order valence-corrected chi connectivity index (χ0v) is 21.2. The molecule has 0 spiro atoms. The highest BCUT2D eigenvalue weighted by molar-refractivity contribution is 5.94. The molecule has 0 heterocycles. The number of hydrogen-bond donors (Lipinski definition) is 9. The standard InChI is InChI=1S/C24H35N5O10/c25-10-2-1-3-16(22(36)29-18(24(38)39)12-20(33)34)28-23(37)17(8-9-19(31)32)27-21(35)15(26)11-13-4-6-14(30)7-5-13/h4-7,15-18,30H,1-3,8-12,25-26H2,(H,27,35)(H,28,37)(H,29,36)(H,31,32)(H,33,34)(H,38,39). The predicted octanol–water partition coefficient (Wildman–Crippen LogP) is -1.73. The fraction of sp³-hybridized carbons (Fsp3) is 0.500. The predicted molar refractivity (Wildman–Crippen MR) is 135 cm³/mol. The van der Waals surface area contributed by atoms with Crippen LogP contribution in [0.3, 0.4) is 0 Å². The second-order valence-electron chi connectivity index (χ2n) is 8.81. The molecule has 0 bridgehead atoms. The number of carboxylic acids is 3. The summed E-state index contributed by atoms with van der Waals surface area (Å²) in [7, 11) is 0. The van der Waals surface area contributed by atoms with Gasteiger partial charge in [0.15, 0.2) is 0 Å². The van der Waals surface area contributed by atoms with Gasteiger partial charge >= 0.3 is 17.9 Å². The number of carbonyl (C=O) groups excluding carboxylic acids is 3. The van der Waals surface area contributed by atoms with Crippen molar-refractivity contribution in [2.45, 2.75) is 69.1 Å². The molecule has 0 saturated carbocycles. The third kappa shape index (κ3) is 12.7. The smallest absolute Gasteiger partial charge is 0.326 e. The molecule has 0 saturated heterocycles. The normalized spacial score (nSPS) is 13.8. The summed E-state index contributed by atoms with van der Waals surface area (Å²) < 4.78 is 0. The van der Waals surface area contributed by atoms with Gasteiger partial charge in [-0.15, -0.1) is 0 Å². The highest BCUT2D eigenvalue weighted by atomic mass is 16.4. The molecule has 4 unspecified atom stereocenters. The maximum absolute atomic E-state index is 13.1. The molecule has 15 heteroatoms. The van der Waals surface area contributed by atoms with Crippen LogP contribution in [0.1, 0.15) is 44.1 Å². The maximum atomic E-state index is 13.1. The number of carboxylic acid groups (broad SMARTS) is 3. The van der Waals surface area contributed by atoms with Crippen LogP contribution in [0.15, 0.2) is 24.3 Å². The van der Waals surface area contributed by atoms with Gasteiger partial charge in [-0.1, -0.05) is 12.1 Å². The molecule has 3 amide bonds. The van der Waals surface area contributed by atoms with Gasteiger partial charge in [-0.2, -0.15) is 0 Å². The van der Waals surface area contributed by atoms with Gasteiger partial charge in [0.2, 0.25) is 17.7 Å². The van der Waals surface area contributed by atoms with Crippen molar-refractivity contribution in [2.75, 3.05) is 6.54 Å². The highest BCUT2D eigenvalue weighted by Crippen LogP contribution is 2.11. The molecule has 1 aromatic carbocycles. The first-order chi connectivity index (χ1) is 18.3. The number of phenols is 1. The zero-order chi connectivity index (χ0) is 29.5. The largest absolute Gasteiger partial charge is 0.508 e. The van der Waals surface area contributed by atoms with Crippen molar-refractivity contribution in [2.24, 2.45) is 11.5 Å². The Morgan fingerprint density at radius 3 is 1.79 bits per heavy atom. The van der Waals surface area contributed by atoms with E-state index in [9.17, 15) is 39.0 Å². The lowest BCUT2D eigenvalue weighted by atomic mass is 10.0. The van der Waals surface area contributed by atoms with Crippen molar-refractivity contribution in [1.82, 2.24) is 16.0 Å². The molecular formula is C24H35N5O10. The molecular weight excluding hydrogens is 518 g/mol. The van der Waals surface area contributed by atoms with E-state index in [1.807, 2.05) is 0 Å². The van der Waals surface area contributed by atoms with Crippen LogP contribution in [-0.4, -0.2) is 86.8 Å². The number of benzene rings is 1. The molecule has 1 rings (SSSR count). The summed E-state index contributed by atoms with van der Waals surface area (Å²) in [6.45, 7) is 0.273. The van der Waals surface area contributed by atoms with E-state index >= 15 is 0 Å². The van der Waals surface area contributed by atoms with Crippen LogP contribution in [0, 0.1) is 0 Å². The number of unbranched alkanes of at least 4 members (excludes halogenated alkanes) is 1. The van der Waals surface area contributed by atoms with E-state index < -0.39 is 72.6 Å². The van der Waals surface area contributed by atoms with E-state index in [4.69, 9.17) is 21.7 Å². The summed E-state index contributed by atoms with van der Waals surface area (Å²) in [5.74, 6) is -6.94. The number of aromatic hydroxyl groups is 1. The first-order valence-electron chi connectivity index (χ1n) is 12.1. The Morgan fingerprint density at radius 1 is 0.744 bits per heavy atom. The number of hydrogen-bond acceptors (Lipinski definition) is 9. The summed E-state index contributed by atoms with van der Waals surface area (Å²) in [6, 6.07) is 0.296. The van der Waals surface area contributed by atoms with Crippen LogP contribution in [0.25, 0.3) is 0 Å². The van der Waals surface area contributed by atoms with Gasteiger partial charge in [0.25, 0.3) is 0 Å². The van der Waals surface area contributed by atoms with Gasteiger partial charge in [0.05, 0.1) is 12.5 Å². The Bertz CT molecular complexity index is 1020. The van der Waals surface area contributed by atoms with E-state index in [0.29, 0.717) is 18.4 Å². The Kier molecular flexibility index (Phi) is 13.9. The molecule has 1 aromatic rings. The lowest BCUT2D eigenvalue weighted by Gasteiger charge is -2.25. The Hall–Kier alpha value is -4.24. The Balaban J connectivity index is 3.02. The monoisotopic (exact) mass is 553 g/mol. The lowest BCUT2D eigenvalue weighted by Crippen LogP contribution is -2.57. The summed E-state index contributed by atoms with van der Waals surface area (Å²) in [6.07, 6.45) is -0.891. The molecule has 0 aliphatic rings. The second kappa shape index (κ2) is 16.6. The minimum absolute atomic E-state index is 0.00808. The Labute approximate surface area is 223 Å². The lowest BCUT2D eigenvalue weighted by molar-refractivity contribution is -0.147. The van der Waals surface area contributed by atoms with E-state index in [-0.39, 0.29) is 31.6 Å². The number of carbonyl (C=O) groups is 6. The van der Waals surface area contributed by atoms with Gasteiger partial charge in [-0.3, -0.25) is 24.0 Å². The van der Waals surface area contributed by atoms with Crippen molar-refractivity contribution < 1.29 is 49.2 Å². The van der Waals surface area contributed by atoms with Crippen molar-refractivity contribution in [3.8, 4) is 5.75 Å². The molecule has 0 aromatic heterocycles. The molecule has 0 radical (unpaired) electrons. The number of aliphatic carboxylic acids is 3. The number of nitrogens with two attached hydrogens (primary N) is 2. The zero-order valence-electron chi connectivity index (χ0n) is 21.2.